The molecular formula is C13H16BrFN2. The molecule has 1 aromatic carbocycles. The summed E-state index contributed by atoms with van der Waals surface area (Å²) in [5, 5.41) is 11.9. The smallest absolute Gasteiger partial charge is 0.147 e. The molecule has 0 saturated heterocycles. The summed E-state index contributed by atoms with van der Waals surface area (Å²) in [5.41, 5.74) is 0.197. The average molecular weight is 299 g/mol. The van der Waals surface area contributed by atoms with Gasteiger partial charge in [-0.2, -0.15) is 5.26 Å². The highest BCUT2D eigenvalue weighted by Gasteiger charge is 2.15. The van der Waals surface area contributed by atoms with Crippen molar-refractivity contribution in [1.29, 1.82) is 5.26 Å². The van der Waals surface area contributed by atoms with Crippen LogP contribution < -0.4 is 5.32 Å². The Kier molecular flexibility index (Phi) is 4.95. The minimum absolute atomic E-state index is 0.265. The van der Waals surface area contributed by atoms with E-state index in [-0.39, 0.29) is 11.2 Å². The maximum atomic E-state index is 13.4. The van der Waals surface area contributed by atoms with Gasteiger partial charge in [0.25, 0.3) is 0 Å². The van der Waals surface area contributed by atoms with Gasteiger partial charge in [0.2, 0.25) is 0 Å². The maximum Gasteiger partial charge on any atom is 0.147 e. The van der Waals surface area contributed by atoms with Crippen LogP contribution in [0.3, 0.4) is 0 Å². The fourth-order valence-electron chi connectivity index (χ4n) is 1.44. The van der Waals surface area contributed by atoms with Gasteiger partial charge in [-0.25, -0.2) is 4.39 Å². The summed E-state index contributed by atoms with van der Waals surface area (Å²) in [4.78, 5) is 0. The molecule has 1 aromatic rings. The fourth-order valence-corrected chi connectivity index (χ4v) is 1.78. The lowest BCUT2D eigenvalue weighted by molar-refractivity contribution is 0.441. The second-order valence-electron chi connectivity index (χ2n) is 4.65. The highest BCUT2D eigenvalue weighted by molar-refractivity contribution is 9.10. The van der Waals surface area contributed by atoms with Crippen LogP contribution in [0.4, 0.5) is 10.1 Å². The normalized spacial score (nSPS) is 11.0. The molecule has 0 aliphatic heterocycles. The molecule has 1 rings (SSSR count). The largest absolute Gasteiger partial charge is 0.383 e. The summed E-state index contributed by atoms with van der Waals surface area (Å²) in [5.74, 6) is -0.265. The van der Waals surface area contributed by atoms with Gasteiger partial charge in [-0.3, -0.25) is 0 Å². The predicted octanol–water partition coefficient (Wildman–Crippen LogP) is 4.33. The van der Waals surface area contributed by atoms with Crippen molar-refractivity contribution < 1.29 is 4.39 Å². The Balaban J connectivity index is 2.39. The Morgan fingerprint density at radius 2 is 2.18 bits per heavy atom. The van der Waals surface area contributed by atoms with Crippen molar-refractivity contribution in [2.24, 2.45) is 5.41 Å². The monoisotopic (exact) mass is 298 g/mol. The zero-order valence-electron chi connectivity index (χ0n) is 10.1. The number of hydrogen-bond acceptors (Lipinski definition) is 2. The van der Waals surface area contributed by atoms with E-state index in [0.29, 0.717) is 12.2 Å². The first-order chi connectivity index (χ1) is 7.94. The molecule has 0 radical (unpaired) electrons. The van der Waals surface area contributed by atoms with Crippen molar-refractivity contribution >= 4 is 21.6 Å². The highest BCUT2D eigenvalue weighted by Crippen LogP contribution is 2.22. The molecule has 17 heavy (non-hydrogen) atoms. The summed E-state index contributed by atoms with van der Waals surface area (Å²) in [6.45, 7) is 4.49. The van der Waals surface area contributed by atoms with Crippen molar-refractivity contribution in [3.63, 3.8) is 0 Å². The van der Waals surface area contributed by atoms with E-state index >= 15 is 0 Å². The van der Waals surface area contributed by atoms with Crippen LogP contribution in [0.25, 0.3) is 0 Å². The van der Waals surface area contributed by atoms with E-state index < -0.39 is 0 Å². The molecule has 1 N–H and O–H groups in total. The third-order valence-electron chi connectivity index (χ3n) is 2.53. The molecule has 4 heteroatoms. The lowest BCUT2D eigenvalue weighted by atomic mass is 9.90. The number of nitrogens with one attached hydrogen (secondary N) is 1. The van der Waals surface area contributed by atoms with E-state index in [2.05, 4.69) is 27.3 Å². The van der Waals surface area contributed by atoms with E-state index in [1.54, 1.807) is 12.1 Å². The van der Waals surface area contributed by atoms with Gasteiger partial charge in [0.15, 0.2) is 0 Å². The van der Waals surface area contributed by atoms with E-state index in [9.17, 15) is 4.39 Å². The van der Waals surface area contributed by atoms with Crippen LogP contribution in [0.15, 0.2) is 22.7 Å². The summed E-state index contributed by atoms with van der Waals surface area (Å²) in [7, 11) is 0. The Hall–Kier alpha value is -1.08. The van der Waals surface area contributed by atoms with Crippen molar-refractivity contribution in [2.45, 2.75) is 26.7 Å². The number of anilines is 1. The number of halogens is 2. The Morgan fingerprint density at radius 1 is 1.47 bits per heavy atom. The molecule has 0 atom stereocenters. The first kappa shape index (κ1) is 14.0. The Bertz CT molecular complexity index is 424. The third kappa shape index (κ3) is 4.74. The molecule has 0 fully saturated rings. The van der Waals surface area contributed by atoms with Gasteiger partial charge >= 0.3 is 0 Å². The number of rotatable bonds is 5. The summed E-state index contributed by atoms with van der Waals surface area (Å²) < 4.78 is 14.2. The van der Waals surface area contributed by atoms with Gasteiger partial charge in [0.05, 0.1) is 17.2 Å². The van der Waals surface area contributed by atoms with Crippen molar-refractivity contribution in [1.82, 2.24) is 0 Å². The van der Waals surface area contributed by atoms with E-state index in [0.717, 1.165) is 17.3 Å². The molecule has 0 bridgehead atoms. The number of hydrogen-bond donors (Lipinski definition) is 1. The van der Waals surface area contributed by atoms with Crippen LogP contribution in [0.1, 0.15) is 26.7 Å². The lowest BCUT2D eigenvalue weighted by Crippen LogP contribution is -2.11. The molecule has 0 aliphatic rings. The molecule has 2 nitrogen and oxygen atoms in total. The number of nitrogens with zero attached hydrogens (tertiary/aromatic N) is 1. The van der Waals surface area contributed by atoms with E-state index in [1.165, 1.54) is 6.07 Å². The second-order valence-corrected chi connectivity index (χ2v) is 5.57. The molecule has 92 valence electrons. The fraction of sp³-hybridized carbons (Fsp3) is 0.462. The molecule has 0 aliphatic carbocycles. The number of benzene rings is 1. The SMILES string of the molecule is CC(C)(C#N)CCCNc1ccc(Br)cc1F. The average Bonchev–Trinajstić information content (AvgIpc) is 2.27. The molecule has 0 spiro atoms. The van der Waals surface area contributed by atoms with Crippen molar-refractivity contribution in [2.75, 3.05) is 11.9 Å². The molecule has 0 unspecified atom stereocenters. The van der Waals surface area contributed by atoms with Crippen LogP contribution in [0.5, 0.6) is 0 Å². The number of nitriles is 1. The maximum absolute atomic E-state index is 13.4. The predicted molar refractivity (Wildman–Crippen MR) is 71.2 cm³/mol. The minimum atomic E-state index is -0.306. The molecule has 0 heterocycles. The van der Waals surface area contributed by atoms with Gasteiger partial charge in [-0.15, -0.1) is 0 Å². The zero-order valence-corrected chi connectivity index (χ0v) is 11.6. The zero-order chi connectivity index (χ0) is 12.9. The second kappa shape index (κ2) is 6.02. The molecular weight excluding hydrogens is 283 g/mol. The summed E-state index contributed by atoms with van der Waals surface area (Å²) in [6, 6.07) is 7.18. The molecule has 0 saturated carbocycles. The molecule has 0 aromatic heterocycles. The third-order valence-corrected chi connectivity index (χ3v) is 3.02. The topological polar surface area (TPSA) is 35.8 Å². The van der Waals surface area contributed by atoms with Gasteiger partial charge in [0.1, 0.15) is 5.82 Å². The highest BCUT2D eigenvalue weighted by atomic mass is 79.9. The first-order valence-electron chi connectivity index (χ1n) is 5.55. The molecule has 0 amide bonds. The van der Waals surface area contributed by atoms with Crippen LogP contribution in [0.2, 0.25) is 0 Å². The summed E-state index contributed by atoms with van der Waals surface area (Å²) >= 11 is 3.21. The van der Waals surface area contributed by atoms with E-state index in [4.69, 9.17) is 5.26 Å². The quantitative estimate of drug-likeness (QED) is 0.821. The van der Waals surface area contributed by atoms with Crippen LogP contribution in [-0.4, -0.2) is 6.54 Å². The van der Waals surface area contributed by atoms with Gasteiger partial charge < -0.3 is 5.32 Å². The van der Waals surface area contributed by atoms with Crippen molar-refractivity contribution in [3.8, 4) is 6.07 Å². The lowest BCUT2D eigenvalue weighted by Gasteiger charge is -2.15. The van der Waals surface area contributed by atoms with Gasteiger partial charge in [-0.05, 0) is 44.9 Å². The van der Waals surface area contributed by atoms with Crippen LogP contribution in [-0.2, 0) is 0 Å². The summed E-state index contributed by atoms with van der Waals surface area (Å²) in [6.07, 6.45) is 1.64. The first-order valence-corrected chi connectivity index (χ1v) is 6.34. The Labute approximate surface area is 110 Å². The van der Waals surface area contributed by atoms with Crippen molar-refractivity contribution in [3.05, 3.63) is 28.5 Å². The van der Waals surface area contributed by atoms with E-state index in [1.807, 2.05) is 13.8 Å². The van der Waals surface area contributed by atoms with Gasteiger partial charge in [-0.1, -0.05) is 15.9 Å². The minimum Gasteiger partial charge on any atom is -0.383 e. The van der Waals surface area contributed by atoms with Crippen LogP contribution in [0, 0.1) is 22.6 Å². The Morgan fingerprint density at radius 3 is 2.76 bits per heavy atom. The van der Waals surface area contributed by atoms with Crippen LogP contribution >= 0.6 is 15.9 Å². The van der Waals surface area contributed by atoms with Gasteiger partial charge in [0, 0.05) is 11.0 Å². The standard InChI is InChI=1S/C13H16BrFN2/c1-13(2,9-16)6-3-7-17-12-5-4-10(14)8-11(12)15/h4-5,8,17H,3,6-7H2,1-2H3.